The van der Waals surface area contributed by atoms with Crippen LogP contribution in [-0.2, 0) is 9.84 Å². The average Bonchev–Trinajstić information content (AvgIpc) is 2.89. The summed E-state index contributed by atoms with van der Waals surface area (Å²) < 4.78 is 23.2. The summed E-state index contributed by atoms with van der Waals surface area (Å²) in [6, 6.07) is 5.22. The zero-order chi connectivity index (χ0) is 15.0. The lowest BCUT2D eigenvalue weighted by molar-refractivity contribution is 0.180. The minimum atomic E-state index is -3.19. The Morgan fingerprint density at radius 2 is 2.00 bits per heavy atom. The van der Waals surface area contributed by atoms with Crippen molar-refractivity contribution in [3.63, 3.8) is 0 Å². The summed E-state index contributed by atoms with van der Waals surface area (Å²) in [6.45, 7) is 6.09. The summed E-state index contributed by atoms with van der Waals surface area (Å²) >= 11 is 0. The van der Waals surface area contributed by atoms with E-state index < -0.39 is 9.84 Å². The molecule has 1 fully saturated rings. The molecule has 1 saturated heterocycles. The quantitative estimate of drug-likeness (QED) is 0.882. The Morgan fingerprint density at radius 3 is 2.67 bits per heavy atom. The van der Waals surface area contributed by atoms with Crippen molar-refractivity contribution in [2.45, 2.75) is 17.9 Å². The molecule has 2 heterocycles. The van der Waals surface area contributed by atoms with E-state index in [0.29, 0.717) is 4.90 Å². The standard InChI is InChI=1S/C14H20N4O2S/c1-10(18-7-5-15-6-8-18)14-16-12-4-3-11(21(2,19)20)9-13(12)17-14/h3-4,9-10,15H,5-8H2,1-2H3,(H,16,17). The van der Waals surface area contributed by atoms with Crippen LogP contribution in [0.2, 0.25) is 0 Å². The van der Waals surface area contributed by atoms with E-state index in [0.717, 1.165) is 43.0 Å². The van der Waals surface area contributed by atoms with Gasteiger partial charge in [-0.15, -0.1) is 0 Å². The van der Waals surface area contributed by atoms with Gasteiger partial charge in [0.2, 0.25) is 0 Å². The number of nitrogens with zero attached hydrogens (tertiary/aromatic N) is 2. The van der Waals surface area contributed by atoms with Crippen molar-refractivity contribution in [3.8, 4) is 0 Å². The highest BCUT2D eigenvalue weighted by Crippen LogP contribution is 2.23. The molecule has 3 rings (SSSR count). The number of aromatic nitrogens is 2. The first-order valence-electron chi connectivity index (χ1n) is 7.09. The van der Waals surface area contributed by atoms with Crippen LogP contribution in [0, 0.1) is 0 Å². The van der Waals surface area contributed by atoms with E-state index in [4.69, 9.17) is 0 Å². The van der Waals surface area contributed by atoms with Crippen molar-refractivity contribution in [3.05, 3.63) is 24.0 Å². The molecule has 7 heteroatoms. The Labute approximate surface area is 124 Å². The van der Waals surface area contributed by atoms with E-state index >= 15 is 0 Å². The van der Waals surface area contributed by atoms with Crippen molar-refractivity contribution >= 4 is 20.9 Å². The summed E-state index contributed by atoms with van der Waals surface area (Å²) in [5.74, 6) is 0.887. The van der Waals surface area contributed by atoms with Gasteiger partial charge in [-0.05, 0) is 25.1 Å². The molecule has 0 saturated carbocycles. The second-order valence-corrected chi connectivity index (χ2v) is 7.55. The van der Waals surface area contributed by atoms with Gasteiger partial charge in [0, 0.05) is 32.4 Å². The van der Waals surface area contributed by atoms with Crippen LogP contribution >= 0.6 is 0 Å². The number of hydrogen-bond donors (Lipinski definition) is 2. The van der Waals surface area contributed by atoms with Crippen LogP contribution in [-0.4, -0.2) is 55.7 Å². The molecule has 2 aromatic rings. The van der Waals surface area contributed by atoms with Crippen molar-refractivity contribution in [1.82, 2.24) is 20.2 Å². The van der Waals surface area contributed by atoms with Crippen LogP contribution in [0.4, 0.5) is 0 Å². The minimum absolute atomic E-state index is 0.196. The monoisotopic (exact) mass is 308 g/mol. The SMILES string of the molecule is CC(c1nc2ccc(S(C)(=O)=O)cc2[nH]1)N1CCNCC1. The lowest BCUT2D eigenvalue weighted by Gasteiger charge is -2.31. The summed E-state index contributed by atoms with van der Waals surface area (Å²) in [4.78, 5) is 10.6. The molecule has 0 spiro atoms. The fourth-order valence-corrected chi connectivity index (χ4v) is 3.33. The van der Waals surface area contributed by atoms with Crippen molar-refractivity contribution in [2.24, 2.45) is 0 Å². The highest BCUT2D eigenvalue weighted by molar-refractivity contribution is 7.90. The van der Waals surface area contributed by atoms with Gasteiger partial charge in [0.05, 0.1) is 22.0 Å². The Balaban J connectivity index is 1.93. The third-order valence-electron chi connectivity index (χ3n) is 3.99. The van der Waals surface area contributed by atoms with E-state index in [1.165, 1.54) is 6.26 Å². The van der Waals surface area contributed by atoms with E-state index in [1.807, 2.05) is 0 Å². The number of benzene rings is 1. The maximum atomic E-state index is 11.6. The van der Waals surface area contributed by atoms with Gasteiger partial charge in [0.25, 0.3) is 0 Å². The molecule has 6 nitrogen and oxygen atoms in total. The average molecular weight is 308 g/mol. The van der Waals surface area contributed by atoms with Gasteiger partial charge in [-0.25, -0.2) is 13.4 Å². The first kappa shape index (κ1) is 14.5. The topological polar surface area (TPSA) is 78.1 Å². The van der Waals surface area contributed by atoms with Crippen LogP contribution in [0.3, 0.4) is 0 Å². The number of H-pyrrole nitrogens is 1. The summed E-state index contributed by atoms with van der Waals surface area (Å²) in [7, 11) is -3.19. The molecule has 2 N–H and O–H groups in total. The van der Waals surface area contributed by atoms with Gasteiger partial charge in [-0.1, -0.05) is 0 Å². The van der Waals surface area contributed by atoms with Crippen LogP contribution in [0.25, 0.3) is 11.0 Å². The third kappa shape index (κ3) is 2.95. The molecule has 0 amide bonds. The van der Waals surface area contributed by atoms with E-state index in [9.17, 15) is 8.42 Å². The van der Waals surface area contributed by atoms with Gasteiger partial charge in [-0.2, -0.15) is 0 Å². The van der Waals surface area contributed by atoms with E-state index in [2.05, 4.69) is 27.1 Å². The Bertz CT molecular complexity index is 747. The first-order chi connectivity index (χ1) is 9.95. The fraction of sp³-hybridized carbons (Fsp3) is 0.500. The van der Waals surface area contributed by atoms with Crippen LogP contribution in [0.5, 0.6) is 0 Å². The van der Waals surface area contributed by atoms with Gasteiger partial charge in [-0.3, -0.25) is 4.90 Å². The van der Waals surface area contributed by atoms with Crippen molar-refractivity contribution < 1.29 is 8.42 Å². The van der Waals surface area contributed by atoms with Gasteiger partial charge < -0.3 is 10.3 Å². The van der Waals surface area contributed by atoms with Crippen molar-refractivity contribution in [2.75, 3.05) is 32.4 Å². The number of sulfone groups is 1. The highest BCUT2D eigenvalue weighted by atomic mass is 32.2. The van der Waals surface area contributed by atoms with Crippen LogP contribution < -0.4 is 5.32 Å². The summed E-state index contributed by atoms with van der Waals surface area (Å²) in [5, 5.41) is 3.33. The third-order valence-corrected chi connectivity index (χ3v) is 5.11. The molecule has 114 valence electrons. The molecule has 1 aromatic heterocycles. The predicted octanol–water partition coefficient (Wildman–Crippen LogP) is 0.933. The van der Waals surface area contributed by atoms with Crippen molar-refractivity contribution in [1.29, 1.82) is 0 Å². The molecule has 0 radical (unpaired) electrons. The fourth-order valence-electron chi connectivity index (χ4n) is 2.68. The number of hydrogen-bond acceptors (Lipinski definition) is 5. The lowest BCUT2D eigenvalue weighted by atomic mass is 10.2. The van der Waals surface area contributed by atoms with Gasteiger partial charge >= 0.3 is 0 Å². The largest absolute Gasteiger partial charge is 0.341 e. The van der Waals surface area contributed by atoms with Gasteiger partial charge in [0.15, 0.2) is 9.84 Å². The zero-order valence-electron chi connectivity index (χ0n) is 12.3. The molecule has 1 unspecified atom stereocenters. The number of imidazole rings is 1. The van der Waals surface area contributed by atoms with Crippen LogP contribution in [0.15, 0.2) is 23.1 Å². The molecule has 0 aliphatic carbocycles. The van der Waals surface area contributed by atoms with E-state index in [-0.39, 0.29) is 6.04 Å². The Hall–Kier alpha value is -1.44. The maximum Gasteiger partial charge on any atom is 0.175 e. The predicted molar refractivity (Wildman–Crippen MR) is 82.1 cm³/mol. The maximum absolute atomic E-state index is 11.6. The Morgan fingerprint density at radius 1 is 1.29 bits per heavy atom. The second kappa shape index (κ2) is 5.40. The number of nitrogens with one attached hydrogen (secondary N) is 2. The normalized spacial score (nSPS) is 19.0. The van der Waals surface area contributed by atoms with Gasteiger partial charge in [0.1, 0.15) is 5.82 Å². The Kier molecular flexibility index (Phi) is 3.73. The number of fused-ring (bicyclic) bond motifs is 1. The van der Waals surface area contributed by atoms with Crippen LogP contribution in [0.1, 0.15) is 18.8 Å². The summed E-state index contributed by atoms with van der Waals surface area (Å²) in [6.07, 6.45) is 1.22. The molecule has 1 atom stereocenters. The first-order valence-corrected chi connectivity index (χ1v) is 8.99. The number of aromatic amines is 1. The molecule has 1 aromatic carbocycles. The lowest BCUT2D eigenvalue weighted by Crippen LogP contribution is -2.44. The minimum Gasteiger partial charge on any atom is -0.341 e. The van der Waals surface area contributed by atoms with E-state index in [1.54, 1.807) is 18.2 Å². The smallest absolute Gasteiger partial charge is 0.175 e. The number of rotatable bonds is 3. The molecule has 1 aliphatic rings. The molecular weight excluding hydrogens is 288 g/mol. The highest BCUT2D eigenvalue weighted by Gasteiger charge is 2.21. The molecule has 21 heavy (non-hydrogen) atoms. The molecule has 1 aliphatic heterocycles. The molecule has 0 bridgehead atoms. The molecular formula is C14H20N4O2S. The number of piperazine rings is 1. The zero-order valence-corrected chi connectivity index (χ0v) is 13.1. The second-order valence-electron chi connectivity index (χ2n) is 5.54. The summed E-state index contributed by atoms with van der Waals surface area (Å²) in [5.41, 5.74) is 1.58.